The molecule has 1 fully saturated rings. The number of likely N-dealkylation sites (N-methyl/N-ethyl adjacent to an activating group) is 1. The summed E-state index contributed by atoms with van der Waals surface area (Å²) in [4.78, 5) is 40.7. The number of aliphatic hydroxyl groups is 4. The van der Waals surface area contributed by atoms with Gasteiger partial charge in [0.05, 0.1) is 23.6 Å². The number of aliphatic hydroxyl groups excluding tert-OH is 3. The van der Waals surface area contributed by atoms with Gasteiger partial charge in [0.15, 0.2) is 11.4 Å². The predicted octanol–water partition coefficient (Wildman–Crippen LogP) is 1.81. The number of halogens is 1. The first-order chi connectivity index (χ1) is 19.2. The number of hydrogen-bond acceptors (Lipinski definition) is 9. The van der Waals surface area contributed by atoms with Crippen molar-refractivity contribution in [3.8, 4) is 5.75 Å². The van der Waals surface area contributed by atoms with E-state index in [9.17, 15) is 44.3 Å². The van der Waals surface area contributed by atoms with Crippen LogP contribution in [0.3, 0.4) is 0 Å². The second kappa shape index (κ2) is 9.65. The summed E-state index contributed by atoms with van der Waals surface area (Å²) in [6, 6.07) is 7.39. The lowest BCUT2D eigenvalue weighted by molar-refractivity contribution is -0.169. The van der Waals surface area contributed by atoms with E-state index >= 15 is 0 Å². The zero-order chi connectivity index (χ0) is 30.1. The summed E-state index contributed by atoms with van der Waals surface area (Å²) < 4.78 is 13.3. The van der Waals surface area contributed by atoms with Crippen molar-refractivity contribution < 1.29 is 44.3 Å². The number of carbonyl (C=O) groups is 3. The number of nitrogens with two attached hydrogens (primary N) is 1. The first-order valence-corrected chi connectivity index (χ1v) is 12.9. The number of benzene rings is 2. The Hall–Kier alpha value is -4.32. The normalized spacial score (nSPS) is 29.6. The molecule has 7 N–H and O–H groups in total. The highest BCUT2D eigenvalue weighted by Crippen LogP contribution is 2.56. The van der Waals surface area contributed by atoms with Gasteiger partial charge in [-0.25, -0.2) is 4.39 Å². The molecule has 214 valence electrons. The minimum Gasteiger partial charge on any atom is -0.508 e. The Morgan fingerprint density at radius 2 is 1.68 bits per heavy atom. The Bertz CT molecular complexity index is 1590. The lowest BCUT2D eigenvalue weighted by atomic mass is 9.54. The number of rotatable bonds is 4. The maximum Gasteiger partial charge on any atom is 0.255 e. The molecule has 0 unspecified atom stereocenters. The van der Waals surface area contributed by atoms with Gasteiger partial charge in [0.25, 0.3) is 5.91 Å². The summed E-state index contributed by atoms with van der Waals surface area (Å²) in [6.45, 7) is 1.66. The molecule has 0 aromatic heterocycles. The summed E-state index contributed by atoms with van der Waals surface area (Å²) in [5.41, 5.74) is 2.09. The van der Waals surface area contributed by atoms with E-state index in [2.05, 4.69) is 0 Å². The number of nitrogens with zero attached hydrogens (tertiary/aromatic N) is 1. The molecule has 0 bridgehead atoms. The molecule has 10 nitrogen and oxygen atoms in total. The molecule has 11 heteroatoms. The average molecular weight is 565 g/mol. The molecule has 3 aliphatic rings. The van der Waals surface area contributed by atoms with Crippen LogP contribution in [-0.4, -0.2) is 79.7 Å². The number of Topliss-reactive ketones (excluding diaryl/α,β-unsaturated/α-hetero) is 2. The maximum absolute atomic E-state index is 14.0. The van der Waals surface area contributed by atoms with Crippen molar-refractivity contribution in [3.05, 3.63) is 81.4 Å². The van der Waals surface area contributed by atoms with Gasteiger partial charge in [0.2, 0.25) is 5.78 Å². The third kappa shape index (κ3) is 3.91. The van der Waals surface area contributed by atoms with Gasteiger partial charge in [-0.15, -0.1) is 0 Å². The number of aromatic hydroxyl groups is 1. The van der Waals surface area contributed by atoms with Gasteiger partial charge in [-0.05, 0) is 43.3 Å². The second-order valence-electron chi connectivity index (χ2n) is 10.9. The summed E-state index contributed by atoms with van der Waals surface area (Å²) >= 11 is 0. The number of primary amides is 1. The highest BCUT2D eigenvalue weighted by molar-refractivity contribution is 6.24. The fourth-order valence-electron chi connectivity index (χ4n) is 6.53. The lowest BCUT2D eigenvalue weighted by Crippen LogP contribution is -2.70. The largest absolute Gasteiger partial charge is 0.508 e. The summed E-state index contributed by atoms with van der Waals surface area (Å²) in [5, 5.41) is 57.0. The van der Waals surface area contributed by atoms with Crippen molar-refractivity contribution in [2.75, 3.05) is 14.1 Å². The van der Waals surface area contributed by atoms with Crippen molar-refractivity contribution >= 4 is 35.4 Å². The van der Waals surface area contributed by atoms with Gasteiger partial charge < -0.3 is 31.3 Å². The van der Waals surface area contributed by atoms with Crippen LogP contribution < -0.4 is 5.73 Å². The number of hydrogen-bond donors (Lipinski definition) is 6. The van der Waals surface area contributed by atoms with Gasteiger partial charge in [-0.2, -0.15) is 0 Å². The molecule has 1 saturated carbocycles. The molecule has 5 rings (SSSR count). The lowest BCUT2D eigenvalue weighted by Gasteiger charge is -2.53. The van der Waals surface area contributed by atoms with Gasteiger partial charge in [0, 0.05) is 17.1 Å². The van der Waals surface area contributed by atoms with Crippen LogP contribution in [0.2, 0.25) is 0 Å². The van der Waals surface area contributed by atoms with E-state index in [0.29, 0.717) is 11.1 Å². The molecule has 0 aliphatic heterocycles. The minimum absolute atomic E-state index is 0.109. The smallest absolute Gasteiger partial charge is 0.255 e. The summed E-state index contributed by atoms with van der Waals surface area (Å²) in [6.07, 6.45) is 1.48. The van der Waals surface area contributed by atoms with Crippen LogP contribution in [0.1, 0.15) is 35.1 Å². The quantitative estimate of drug-likeness (QED) is 0.238. The molecular formula is C30H29FN2O8. The third-order valence-corrected chi connectivity index (χ3v) is 8.49. The van der Waals surface area contributed by atoms with E-state index < -0.39 is 87.2 Å². The molecular weight excluding hydrogens is 535 g/mol. The van der Waals surface area contributed by atoms with Crippen molar-refractivity contribution in [2.24, 2.45) is 17.6 Å². The van der Waals surface area contributed by atoms with Crippen LogP contribution in [0.25, 0.3) is 17.9 Å². The highest BCUT2D eigenvalue weighted by atomic mass is 19.1. The van der Waals surface area contributed by atoms with E-state index in [4.69, 9.17) is 5.73 Å². The van der Waals surface area contributed by atoms with Crippen LogP contribution in [0.4, 0.5) is 4.39 Å². The molecule has 0 radical (unpaired) electrons. The second-order valence-corrected chi connectivity index (χ2v) is 10.9. The van der Waals surface area contributed by atoms with E-state index in [-0.39, 0.29) is 11.1 Å². The Kier molecular flexibility index (Phi) is 6.64. The van der Waals surface area contributed by atoms with E-state index in [1.165, 1.54) is 49.3 Å². The van der Waals surface area contributed by atoms with Crippen molar-refractivity contribution in [1.82, 2.24) is 4.90 Å². The number of phenolic OH excluding ortho intramolecular Hbond substituents is 1. The monoisotopic (exact) mass is 564 g/mol. The standard InChI is InChI=1S/C30H29FN2O8/c1-12-16-11-8-14(7-4-13-5-9-15(31)10-6-13)23(34)18(16)24(35)19-17(12)25(36)21-22(33(2)3)26(37)20(29(32)40)28(39)30(21,41)27(19)38/h4-12,17,21-22,25,34-36,39,41H,1-3H3,(H2,32,40)/b7-4+/t12-,17+,21+,22-,25-,30-/m0/s1. The van der Waals surface area contributed by atoms with Crippen LogP contribution in [0.5, 0.6) is 5.75 Å². The molecule has 0 heterocycles. The Balaban J connectivity index is 1.70. The summed E-state index contributed by atoms with van der Waals surface area (Å²) in [7, 11) is 2.89. The van der Waals surface area contributed by atoms with E-state index in [1.54, 1.807) is 25.1 Å². The fraction of sp³-hybridized carbons (Fsp3) is 0.300. The molecule has 6 atom stereocenters. The zero-order valence-corrected chi connectivity index (χ0v) is 22.4. The Labute approximate surface area is 234 Å². The van der Waals surface area contributed by atoms with Crippen LogP contribution in [0.15, 0.2) is 53.3 Å². The van der Waals surface area contributed by atoms with E-state index in [1.807, 2.05) is 0 Å². The van der Waals surface area contributed by atoms with Gasteiger partial charge in [-0.3, -0.25) is 19.3 Å². The van der Waals surface area contributed by atoms with Crippen molar-refractivity contribution in [2.45, 2.75) is 30.6 Å². The van der Waals surface area contributed by atoms with Gasteiger partial charge >= 0.3 is 0 Å². The zero-order valence-electron chi connectivity index (χ0n) is 22.4. The number of fused-ring (bicyclic) bond motifs is 3. The van der Waals surface area contributed by atoms with Gasteiger partial charge in [0.1, 0.15) is 28.7 Å². The van der Waals surface area contributed by atoms with Crippen LogP contribution >= 0.6 is 0 Å². The average Bonchev–Trinajstić information content (AvgIpc) is 2.90. The van der Waals surface area contributed by atoms with Crippen molar-refractivity contribution in [3.63, 3.8) is 0 Å². The van der Waals surface area contributed by atoms with Crippen LogP contribution in [0, 0.1) is 17.7 Å². The molecule has 1 amide bonds. The maximum atomic E-state index is 14.0. The highest BCUT2D eigenvalue weighted by Gasteiger charge is 2.68. The number of carbonyl (C=O) groups excluding carboxylic acids is 3. The molecule has 0 saturated heterocycles. The number of phenols is 1. The molecule has 2 aromatic carbocycles. The third-order valence-electron chi connectivity index (χ3n) is 8.49. The first kappa shape index (κ1) is 28.2. The minimum atomic E-state index is -2.97. The van der Waals surface area contributed by atoms with Crippen molar-refractivity contribution in [1.29, 1.82) is 0 Å². The molecule has 3 aliphatic carbocycles. The van der Waals surface area contributed by atoms with Gasteiger partial charge in [-0.1, -0.05) is 43.3 Å². The van der Waals surface area contributed by atoms with Crippen LogP contribution in [-0.2, 0) is 14.4 Å². The predicted molar refractivity (Wildman–Crippen MR) is 146 cm³/mol. The molecule has 0 spiro atoms. The number of amides is 1. The first-order valence-electron chi connectivity index (χ1n) is 12.9. The molecule has 41 heavy (non-hydrogen) atoms. The summed E-state index contributed by atoms with van der Waals surface area (Å²) in [5.74, 6) is -9.84. The Morgan fingerprint density at radius 1 is 1.05 bits per heavy atom. The van der Waals surface area contributed by atoms with E-state index in [0.717, 1.165) is 0 Å². The Morgan fingerprint density at radius 3 is 2.27 bits per heavy atom. The topological polar surface area (TPSA) is 182 Å². The number of ketones is 2. The fourth-order valence-corrected chi connectivity index (χ4v) is 6.53. The SMILES string of the molecule is C[C@H]1c2ccc(/C=C/c3ccc(F)cc3)c(O)c2C(O)=C2C(=O)[C@]3(O)C(O)=C(C(N)=O)C(=O)[C@@H](N(C)C)[C@@H]3[C@@H](O)[C@@H]21. The molecule has 2 aromatic rings.